The number of benzene rings is 1. The number of carbonyl (C=O) groups excluding carboxylic acids is 1. The van der Waals surface area contributed by atoms with Gasteiger partial charge in [-0.05, 0) is 54.1 Å². The van der Waals surface area contributed by atoms with Crippen LogP contribution in [0.1, 0.15) is 21.8 Å². The second kappa shape index (κ2) is 9.14. The summed E-state index contributed by atoms with van der Waals surface area (Å²) in [5, 5.41) is 0. The van der Waals surface area contributed by atoms with Gasteiger partial charge >= 0.3 is 0 Å². The van der Waals surface area contributed by atoms with E-state index in [2.05, 4.69) is 19.9 Å². The van der Waals surface area contributed by atoms with Crippen LogP contribution in [0.3, 0.4) is 0 Å². The number of nitrogens with zero attached hydrogens (tertiary/aromatic N) is 5. The maximum absolute atomic E-state index is 13.9. The number of Topliss-reactive ketones (excluding diaryl/α,β-unsaturated/α-hetero) is 1. The molecule has 34 heavy (non-hydrogen) atoms. The molecule has 0 bridgehead atoms. The molecule has 0 amide bonds. The number of carbonyl (C=O) groups is 1. The van der Waals surface area contributed by atoms with Gasteiger partial charge < -0.3 is 8.98 Å². The predicted molar refractivity (Wildman–Crippen MR) is 119 cm³/mol. The third-order valence-corrected chi connectivity index (χ3v) is 5.25. The maximum Gasteiger partial charge on any atom is 0.202 e. The molecule has 7 nitrogen and oxygen atoms in total. The van der Waals surface area contributed by atoms with Gasteiger partial charge in [0, 0.05) is 24.4 Å². The molecule has 0 saturated heterocycles. The first-order chi connectivity index (χ1) is 16.6. The highest BCUT2D eigenvalue weighted by atomic mass is 19.1. The van der Waals surface area contributed by atoms with Gasteiger partial charge in [0.1, 0.15) is 23.7 Å². The number of aromatic nitrogens is 5. The highest BCUT2D eigenvalue weighted by Gasteiger charge is 2.21. The topological polar surface area (TPSA) is 86.7 Å². The third kappa shape index (κ3) is 4.36. The SMILES string of the molecule is O=C(Cc1ccncc1F)c1ccc(-c2c(-c3ccc(F)cc3)ncn2Cc2ccncn2)o1. The zero-order chi connectivity index (χ0) is 23.5. The van der Waals surface area contributed by atoms with Crippen molar-refractivity contribution in [2.45, 2.75) is 13.0 Å². The zero-order valence-electron chi connectivity index (χ0n) is 17.7. The molecule has 0 atom stereocenters. The first-order valence-electron chi connectivity index (χ1n) is 10.4. The number of halogens is 2. The van der Waals surface area contributed by atoms with Crippen molar-refractivity contribution < 1.29 is 18.0 Å². The van der Waals surface area contributed by atoms with Crippen LogP contribution >= 0.6 is 0 Å². The maximum atomic E-state index is 13.9. The average Bonchev–Trinajstić information content (AvgIpc) is 3.49. The highest BCUT2D eigenvalue weighted by Crippen LogP contribution is 2.33. The molecule has 4 aromatic heterocycles. The Morgan fingerprint density at radius 1 is 0.941 bits per heavy atom. The second-order valence-corrected chi connectivity index (χ2v) is 7.51. The molecular weight excluding hydrogens is 440 g/mol. The van der Waals surface area contributed by atoms with Gasteiger partial charge in [0.05, 0.1) is 30.5 Å². The number of ketones is 1. The van der Waals surface area contributed by atoms with E-state index < -0.39 is 5.82 Å². The van der Waals surface area contributed by atoms with Crippen LogP contribution in [0.25, 0.3) is 22.7 Å². The zero-order valence-corrected chi connectivity index (χ0v) is 17.7. The van der Waals surface area contributed by atoms with Gasteiger partial charge in [-0.3, -0.25) is 9.78 Å². The van der Waals surface area contributed by atoms with Gasteiger partial charge in [0.25, 0.3) is 0 Å². The monoisotopic (exact) mass is 457 g/mol. The molecule has 5 aromatic rings. The molecule has 168 valence electrons. The van der Waals surface area contributed by atoms with Crippen molar-refractivity contribution in [1.29, 1.82) is 0 Å². The fourth-order valence-electron chi connectivity index (χ4n) is 3.59. The Hall–Kier alpha value is -4.53. The Morgan fingerprint density at radius 3 is 2.53 bits per heavy atom. The Bertz CT molecular complexity index is 1450. The summed E-state index contributed by atoms with van der Waals surface area (Å²) in [5.41, 5.74) is 2.82. The number of hydrogen-bond acceptors (Lipinski definition) is 6. The predicted octanol–water partition coefficient (Wildman–Crippen LogP) is 4.75. The first-order valence-corrected chi connectivity index (χ1v) is 10.4. The third-order valence-electron chi connectivity index (χ3n) is 5.25. The van der Waals surface area contributed by atoms with Gasteiger partial charge in [-0.2, -0.15) is 0 Å². The van der Waals surface area contributed by atoms with E-state index >= 15 is 0 Å². The first kappa shape index (κ1) is 21.3. The van der Waals surface area contributed by atoms with Crippen LogP contribution in [-0.4, -0.2) is 30.3 Å². The molecule has 0 aliphatic heterocycles. The van der Waals surface area contributed by atoms with E-state index in [0.29, 0.717) is 29.3 Å². The minimum atomic E-state index is -0.552. The van der Waals surface area contributed by atoms with Crippen molar-refractivity contribution in [2.75, 3.05) is 0 Å². The fraction of sp³-hybridized carbons (Fsp3) is 0.0800. The van der Waals surface area contributed by atoms with Crippen LogP contribution in [-0.2, 0) is 13.0 Å². The van der Waals surface area contributed by atoms with Crippen molar-refractivity contribution >= 4 is 5.78 Å². The van der Waals surface area contributed by atoms with Crippen LogP contribution in [0.15, 0.2) is 84.2 Å². The van der Waals surface area contributed by atoms with Crippen LogP contribution in [0.5, 0.6) is 0 Å². The van der Waals surface area contributed by atoms with Crippen molar-refractivity contribution in [3.63, 3.8) is 0 Å². The molecule has 1 aromatic carbocycles. The van der Waals surface area contributed by atoms with E-state index in [-0.39, 0.29) is 29.3 Å². The molecule has 5 rings (SSSR count). The summed E-state index contributed by atoms with van der Waals surface area (Å²) in [6.45, 7) is 0.373. The van der Waals surface area contributed by atoms with Gasteiger partial charge in [0.15, 0.2) is 11.5 Å². The van der Waals surface area contributed by atoms with Gasteiger partial charge in [-0.15, -0.1) is 0 Å². The van der Waals surface area contributed by atoms with Gasteiger partial charge in [-0.25, -0.2) is 23.7 Å². The van der Waals surface area contributed by atoms with Crippen LogP contribution in [0.2, 0.25) is 0 Å². The van der Waals surface area contributed by atoms with Crippen LogP contribution in [0.4, 0.5) is 8.78 Å². The van der Waals surface area contributed by atoms with Crippen molar-refractivity contribution in [3.8, 4) is 22.7 Å². The summed E-state index contributed by atoms with van der Waals surface area (Å²) in [6, 6.07) is 12.4. The molecule has 0 spiro atoms. The van der Waals surface area contributed by atoms with E-state index in [1.165, 1.54) is 30.7 Å². The molecule has 0 radical (unpaired) electrons. The Labute approximate surface area is 192 Å². The summed E-state index contributed by atoms with van der Waals surface area (Å²) in [6.07, 6.45) is 7.06. The molecule has 4 heterocycles. The summed E-state index contributed by atoms with van der Waals surface area (Å²) >= 11 is 0. The second-order valence-electron chi connectivity index (χ2n) is 7.51. The number of imidazole rings is 1. The minimum Gasteiger partial charge on any atom is -0.451 e. The standard InChI is InChI=1S/C25H17F2N5O2/c26-18-3-1-16(2-4-18)24-25(32(15-31-24)13-19-8-10-29-14-30-19)23-6-5-22(34-23)21(33)11-17-7-9-28-12-20(17)27/h1-10,12,14-15H,11,13H2. The van der Waals surface area contributed by atoms with E-state index in [1.54, 1.807) is 42.9 Å². The van der Waals surface area contributed by atoms with Gasteiger partial charge in [0.2, 0.25) is 5.78 Å². The molecule has 0 aliphatic rings. The molecule has 9 heteroatoms. The summed E-state index contributed by atoms with van der Waals surface area (Å²) in [4.78, 5) is 29.2. The number of furan rings is 1. The van der Waals surface area contributed by atoms with E-state index in [1.807, 2.05) is 4.57 Å². The van der Waals surface area contributed by atoms with Crippen LogP contribution < -0.4 is 0 Å². The molecule has 0 saturated carbocycles. The van der Waals surface area contributed by atoms with Crippen molar-refractivity contribution in [2.24, 2.45) is 0 Å². The molecule has 0 unspecified atom stereocenters. The van der Waals surface area contributed by atoms with Crippen LogP contribution in [0, 0.1) is 11.6 Å². The number of rotatable bonds is 7. The molecule has 0 fully saturated rings. The normalized spacial score (nSPS) is 11.0. The Morgan fingerprint density at radius 2 is 1.76 bits per heavy atom. The lowest BCUT2D eigenvalue weighted by Crippen LogP contribution is -2.04. The number of hydrogen-bond donors (Lipinski definition) is 0. The summed E-state index contributed by atoms with van der Waals surface area (Å²) < 4.78 is 35.2. The Balaban J connectivity index is 1.52. The smallest absolute Gasteiger partial charge is 0.202 e. The average molecular weight is 457 g/mol. The molecule has 0 aliphatic carbocycles. The lowest BCUT2D eigenvalue weighted by molar-refractivity contribution is 0.0966. The van der Waals surface area contributed by atoms with E-state index in [0.717, 1.165) is 11.9 Å². The molecular formula is C25H17F2N5O2. The largest absolute Gasteiger partial charge is 0.451 e. The molecule has 0 N–H and O–H groups in total. The lowest BCUT2D eigenvalue weighted by atomic mass is 10.1. The minimum absolute atomic E-state index is 0.0889. The highest BCUT2D eigenvalue weighted by molar-refractivity contribution is 5.95. The van der Waals surface area contributed by atoms with Gasteiger partial charge in [-0.1, -0.05) is 0 Å². The number of pyridine rings is 1. The van der Waals surface area contributed by atoms with E-state index in [4.69, 9.17) is 4.42 Å². The van der Waals surface area contributed by atoms with Crippen molar-refractivity contribution in [1.82, 2.24) is 24.5 Å². The Kier molecular flexibility index (Phi) is 5.73. The summed E-state index contributed by atoms with van der Waals surface area (Å²) in [5.74, 6) is -0.805. The van der Waals surface area contributed by atoms with Crippen molar-refractivity contribution in [3.05, 3.63) is 108 Å². The quantitative estimate of drug-likeness (QED) is 0.328. The lowest BCUT2D eigenvalue weighted by Gasteiger charge is -2.08. The fourth-order valence-corrected chi connectivity index (χ4v) is 3.59. The van der Waals surface area contributed by atoms with E-state index in [9.17, 15) is 13.6 Å². The summed E-state index contributed by atoms with van der Waals surface area (Å²) in [7, 11) is 0.